The zero-order valence-corrected chi connectivity index (χ0v) is 29.3. The minimum absolute atomic E-state index is 0.672. The zero-order chi connectivity index (χ0) is 35.8. The number of hydrogen-bond acceptors (Lipinski definition) is 4. The third-order valence-corrected chi connectivity index (χ3v) is 10.2. The molecule has 54 heavy (non-hydrogen) atoms. The lowest BCUT2D eigenvalue weighted by Gasteiger charge is -2.14. The van der Waals surface area contributed by atoms with Gasteiger partial charge in [0, 0.05) is 51.0 Å². The summed E-state index contributed by atoms with van der Waals surface area (Å²) < 4.78 is 0. The van der Waals surface area contributed by atoms with Crippen molar-refractivity contribution in [3.63, 3.8) is 0 Å². The van der Waals surface area contributed by atoms with Gasteiger partial charge in [-0.05, 0) is 75.3 Å². The summed E-state index contributed by atoms with van der Waals surface area (Å²) in [4.78, 5) is 20.2. The van der Waals surface area contributed by atoms with Gasteiger partial charge in [-0.1, -0.05) is 140 Å². The number of fused-ring (bicyclic) bond motifs is 4. The first-order valence-corrected chi connectivity index (χ1v) is 18.1. The fourth-order valence-electron chi connectivity index (χ4n) is 7.44. The van der Waals surface area contributed by atoms with Crippen LogP contribution in [0.3, 0.4) is 0 Å². The van der Waals surface area contributed by atoms with Crippen LogP contribution in [-0.4, -0.2) is 19.9 Å². The molecule has 0 radical (unpaired) electrons. The van der Waals surface area contributed by atoms with Gasteiger partial charge in [-0.2, -0.15) is 0 Å². The molecule has 0 spiro atoms. The van der Waals surface area contributed by atoms with Crippen molar-refractivity contribution in [1.29, 1.82) is 0 Å². The Labute approximate surface area is 313 Å². The molecule has 0 bridgehead atoms. The molecule has 4 nitrogen and oxygen atoms in total. The van der Waals surface area contributed by atoms with E-state index in [0.29, 0.717) is 5.82 Å². The van der Waals surface area contributed by atoms with Crippen LogP contribution in [0.25, 0.3) is 99.9 Å². The van der Waals surface area contributed by atoms with Gasteiger partial charge in [-0.15, -0.1) is 0 Å². The van der Waals surface area contributed by atoms with E-state index in [1.54, 1.807) is 0 Å². The topological polar surface area (TPSA) is 51.6 Å². The van der Waals surface area contributed by atoms with Gasteiger partial charge in [-0.25, -0.2) is 9.97 Å². The van der Waals surface area contributed by atoms with Gasteiger partial charge in [0.05, 0.1) is 22.6 Å². The maximum absolute atomic E-state index is 5.33. The highest BCUT2D eigenvalue weighted by Crippen LogP contribution is 2.37. The van der Waals surface area contributed by atoms with Crippen LogP contribution < -0.4 is 0 Å². The summed E-state index contributed by atoms with van der Waals surface area (Å²) in [6.07, 6.45) is 3.81. The van der Waals surface area contributed by atoms with Gasteiger partial charge in [-0.3, -0.25) is 9.97 Å². The number of aromatic nitrogens is 4. The number of hydrogen-bond donors (Lipinski definition) is 0. The molecule has 3 aromatic heterocycles. The van der Waals surface area contributed by atoms with Crippen LogP contribution in [0.2, 0.25) is 0 Å². The first-order chi connectivity index (χ1) is 26.7. The molecule has 3 heterocycles. The monoisotopic (exact) mass is 688 g/mol. The SMILES string of the molecule is c1ccc(-c2nc(-c3cc(-c4ccc(-c5ccccn5)cc4)cc(-c4ccc(-c5cccc6ccccc56)nc4)c3)nc3c2ccc2ccccc23)cc1. The smallest absolute Gasteiger partial charge is 0.160 e. The van der Waals surface area contributed by atoms with Crippen LogP contribution in [0.4, 0.5) is 0 Å². The van der Waals surface area contributed by atoms with Crippen molar-refractivity contribution in [2.24, 2.45) is 0 Å². The summed E-state index contributed by atoms with van der Waals surface area (Å²) in [5.41, 5.74) is 12.1. The fourth-order valence-corrected chi connectivity index (χ4v) is 7.44. The van der Waals surface area contributed by atoms with Gasteiger partial charge in [0.2, 0.25) is 0 Å². The maximum atomic E-state index is 5.33. The first kappa shape index (κ1) is 31.4. The second-order valence-corrected chi connectivity index (χ2v) is 13.5. The molecule has 10 rings (SSSR count). The summed E-state index contributed by atoms with van der Waals surface area (Å²) >= 11 is 0. The van der Waals surface area contributed by atoms with Crippen LogP contribution in [0.1, 0.15) is 0 Å². The van der Waals surface area contributed by atoms with Gasteiger partial charge in [0.25, 0.3) is 0 Å². The van der Waals surface area contributed by atoms with Crippen molar-refractivity contribution in [2.45, 2.75) is 0 Å². The average molecular weight is 689 g/mol. The van der Waals surface area contributed by atoms with Gasteiger partial charge in [0.1, 0.15) is 0 Å². The van der Waals surface area contributed by atoms with Gasteiger partial charge >= 0.3 is 0 Å². The minimum Gasteiger partial charge on any atom is -0.256 e. The average Bonchev–Trinajstić information content (AvgIpc) is 3.26. The zero-order valence-electron chi connectivity index (χ0n) is 29.3. The molecule has 0 amide bonds. The molecule has 4 heteroatoms. The van der Waals surface area contributed by atoms with E-state index in [9.17, 15) is 0 Å². The Kier molecular flexibility index (Phi) is 7.77. The maximum Gasteiger partial charge on any atom is 0.160 e. The van der Waals surface area contributed by atoms with Gasteiger partial charge in [0.15, 0.2) is 5.82 Å². The highest BCUT2D eigenvalue weighted by molar-refractivity contribution is 6.09. The van der Waals surface area contributed by atoms with Crippen LogP contribution in [-0.2, 0) is 0 Å². The van der Waals surface area contributed by atoms with Crippen molar-refractivity contribution in [3.05, 3.63) is 194 Å². The van der Waals surface area contributed by atoms with E-state index in [1.807, 2.05) is 36.7 Å². The van der Waals surface area contributed by atoms with E-state index < -0.39 is 0 Å². The molecular formula is C50H32N4. The van der Waals surface area contributed by atoms with E-state index in [1.165, 1.54) is 10.8 Å². The molecule has 0 aliphatic rings. The number of nitrogens with zero attached hydrogens (tertiary/aromatic N) is 4. The van der Waals surface area contributed by atoms with Crippen LogP contribution >= 0.6 is 0 Å². The molecule has 252 valence electrons. The summed E-state index contributed by atoms with van der Waals surface area (Å²) in [7, 11) is 0. The lowest BCUT2D eigenvalue weighted by atomic mass is 9.94. The van der Waals surface area contributed by atoms with Gasteiger partial charge < -0.3 is 0 Å². The number of benzene rings is 7. The Morgan fingerprint density at radius 1 is 0.333 bits per heavy atom. The van der Waals surface area contributed by atoms with Crippen LogP contribution in [0, 0.1) is 0 Å². The standard InChI is InChI=1S/C50H32N4/c1-2-13-37(14-3-1)48-45-26-24-35-12-5-7-17-43(35)49(45)54-50(53-48)41-30-39(33-20-22-36(23-21-33)46-19-8-9-28-51-46)29-40(31-41)38-25-27-47(52-32-38)44-18-10-15-34-11-4-6-16-42(34)44/h1-32H. The molecule has 10 aromatic rings. The second-order valence-electron chi connectivity index (χ2n) is 13.5. The molecule has 0 saturated heterocycles. The predicted octanol–water partition coefficient (Wildman–Crippen LogP) is 12.7. The molecule has 0 unspecified atom stereocenters. The first-order valence-electron chi connectivity index (χ1n) is 18.1. The third kappa shape index (κ3) is 5.76. The molecule has 0 atom stereocenters. The van der Waals surface area contributed by atoms with E-state index >= 15 is 0 Å². The van der Waals surface area contributed by atoms with Crippen molar-refractivity contribution in [2.75, 3.05) is 0 Å². The van der Waals surface area contributed by atoms with E-state index in [4.69, 9.17) is 15.0 Å². The highest BCUT2D eigenvalue weighted by atomic mass is 14.9. The minimum atomic E-state index is 0.672. The number of pyridine rings is 2. The van der Waals surface area contributed by atoms with E-state index in [-0.39, 0.29) is 0 Å². The van der Waals surface area contributed by atoms with Crippen LogP contribution in [0.5, 0.6) is 0 Å². The highest BCUT2D eigenvalue weighted by Gasteiger charge is 2.16. The largest absolute Gasteiger partial charge is 0.256 e. The van der Waals surface area contributed by atoms with Crippen LogP contribution in [0.15, 0.2) is 194 Å². The summed E-state index contributed by atoms with van der Waals surface area (Å²) in [6, 6.07) is 63.5. The Balaban J connectivity index is 1.16. The Hall–Kier alpha value is -7.30. The van der Waals surface area contributed by atoms with Crippen molar-refractivity contribution >= 4 is 32.4 Å². The molecule has 0 N–H and O–H groups in total. The normalized spacial score (nSPS) is 11.3. The Morgan fingerprint density at radius 3 is 1.78 bits per heavy atom. The quantitative estimate of drug-likeness (QED) is 0.163. The summed E-state index contributed by atoms with van der Waals surface area (Å²) in [5, 5.41) is 5.66. The van der Waals surface area contributed by atoms with Crippen molar-refractivity contribution in [1.82, 2.24) is 19.9 Å². The lowest BCUT2D eigenvalue weighted by Crippen LogP contribution is -1.97. The van der Waals surface area contributed by atoms with Crippen molar-refractivity contribution < 1.29 is 0 Å². The molecule has 0 aliphatic carbocycles. The van der Waals surface area contributed by atoms with Crippen molar-refractivity contribution in [3.8, 4) is 67.4 Å². The molecule has 0 saturated carbocycles. The number of rotatable bonds is 6. The molecule has 0 fully saturated rings. The molecular weight excluding hydrogens is 657 g/mol. The second kappa shape index (κ2) is 13.4. The Morgan fingerprint density at radius 2 is 1.00 bits per heavy atom. The molecule has 7 aromatic carbocycles. The predicted molar refractivity (Wildman–Crippen MR) is 223 cm³/mol. The lowest BCUT2D eigenvalue weighted by molar-refractivity contribution is 1.23. The van der Waals surface area contributed by atoms with E-state index in [2.05, 4.69) is 163 Å². The summed E-state index contributed by atoms with van der Waals surface area (Å²) in [5.74, 6) is 0.672. The third-order valence-electron chi connectivity index (χ3n) is 10.2. The Bertz CT molecular complexity index is 2950. The summed E-state index contributed by atoms with van der Waals surface area (Å²) in [6.45, 7) is 0. The fraction of sp³-hybridized carbons (Fsp3) is 0. The van der Waals surface area contributed by atoms with E-state index in [0.717, 1.165) is 83.3 Å². The molecule has 0 aliphatic heterocycles.